The number of rotatable bonds is 9. The Labute approximate surface area is 162 Å². The van der Waals surface area contributed by atoms with Crippen LogP contribution in [0.3, 0.4) is 0 Å². The number of carbonyl (C=O) groups excluding carboxylic acids is 1. The van der Waals surface area contributed by atoms with Crippen molar-refractivity contribution < 1.29 is 22.3 Å². The van der Waals surface area contributed by atoms with Gasteiger partial charge in [0.15, 0.2) is 0 Å². The molecule has 1 aliphatic heterocycles. The van der Waals surface area contributed by atoms with Crippen LogP contribution in [0.25, 0.3) is 0 Å². The van der Waals surface area contributed by atoms with Crippen molar-refractivity contribution in [1.82, 2.24) is 4.72 Å². The molecule has 1 aliphatic rings. The Morgan fingerprint density at radius 3 is 2.67 bits per heavy atom. The van der Waals surface area contributed by atoms with Crippen LogP contribution in [0.1, 0.15) is 39.5 Å². The summed E-state index contributed by atoms with van der Waals surface area (Å²) in [6.07, 6.45) is 2.15. The maximum Gasteiger partial charge on any atom is 0.224 e. The molecule has 1 heterocycles. The minimum absolute atomic E-state index is 0.160. The Kier molecular flexibility index (Phi) is 7.52. The third-order valence-corrected chi connectivity index (χ3v) is 8.09. The first-order valence-corrected chi connectivity index (χ1v) is 12.3. The summed E-state index contributed by atoms with van der Waals surface area (Å²) in [5.74, 6) is 0.205. The fourth-order valence-corrected chi connectivity index (χ4v) is 5.08. The highest BCUT2D eigenvalue weighted by Crippen LogP contribution is 2.51. The van der Waals surface area contributed by atoms with E-state index in [2.05, 4.69) is 10.0 Å². The second-order valence-corrected chi connectivity index (χ2v) is 11.3. The van der Waals surface area contributed by atoms with Gasteiger partial charge in [0.1, 0.15) is 0 Å². The molecule has 1 aromatic rings. The highest BCUT2D eigenvalue weighted by atomic mass is 32.3. The second-order valence-electron chi connectivity index (χ2n) is 6.84. The molecular weight excluding hydrogens is 390 g/mol. The number of anilines is 2. The maximum absolute atomic E-state index is 12.1. The van der Waals surface area contributed by atoms with Gasteiger partial charge in [-0.3, -0.25) is 18.2 Å². The molecule has 1 amide bonds. The normalized spacial score (nSPS) is 17.9. The van der Waals surface area contributed by atoms with E-state index in [1.165, 1.54) is 0 Å². The number of hydrogen-bond donors (Lipinski definition) is 4. The van der Waals surface area contributed by atoms with E-state index < -0.39 is 26.0 Å². The van der Waals surface area contributed by atoms with Crippen molar-refractivity contribution in [3.63, 3.8) is 0 Å². The van der Waals surface area contributed by atoms with Crippen LogP contribution in [0, 0.1) is 0 Å². The Bertz CT molecular complexity index is 753. The molecule has 0 atom stereocenters. The standard InChI is InChI=1S/C17H29N3O5S2/c1-14(2)27(24,25)18-10-4-3-9-17(21)19-15-7-5-8-16(13-15)20-11-6-12-26(20,22)23/h5,7-8,13-14,18,22-23H,3-4,6,9-12H2,1-2H3,(H,19,21). The Hall–Kier alpha value is -1.33. The first-order chi connectivity index (χ1) is 12.6. The molecule has 10 heteroatoms. The van der Waals surface area contributed by atoms with Crippen LogP contribution in [-0.2, 0) is 14.8 Å². The lowest BCUT2D eigenvalue weighted by atomic mass is 10.2. The summed E-state index contributed by atoms with van der Waals surface area (Å²) >= 11 is 0. The Morgan fingerprint density at radius 2 is 2.04 bits per heavy atom. The quantitative estimate of drug-likeness (QED) is 0.457. The molecule has 27 heavy (non-hydrogen) atoms. The van der Waals surface area contributed by atoms with Gasteiger partial charge < -0.3 is 5.32 Å². The van der Waals surface area contributed by atoms with Crippen molar-refractivity contribution in [2.45, 2.75) is 44.8 Å². The molecule has 0 radical (unpaired) electrons. The minimum atomic E-state index is -3.26. The summed E-state index contributed by atoms with van der Waals surface area (Å²) < 4.78 is 47.5. The van der Waals surface area contributed by atoms with Gasteiger partial charge in [-0.25, -0.2) is 13.1 Å². The summed E-state index contributed by atoms with van der Waals surface area (Å²) in [4.78, 5) is 12.1. The number of nitrogens with one attached hydrogen (secondary N) is 2. The first-order valence-electron chi connectivity index (χ1n) is 9.04. The van der Waals surface area contributed by atoms with Crippen molar-refractivity contribution in [1.29, 1.82) is 0 Å². The molecule has 4 N–H and O–H groups in total. The molecule has 1 aromatic carbocycles. The number of sulfonamides is 1. The number of benzene rings is 1. The summed E-state index contributed by atoms with van der Waals surface area (Å²) in [5.41, 5.74) is 1.27. The van der Waals surface area contributed by atoms with Gasteiger partial charge in [-0.1, -0.05) is 6.07 Å². The van der Waals surface area contributed by atoms with Gasteiger partial charge in [-0.2, -0.15) is 0 Å². The molecule has 0 spiro atoms. The lowest BCUT2D eigenvalue weighted by Gasteiger charge is -2.38. The number of carbonyl (C=O) groups is 1. The number of hydrogen-bond acceptors (Lipinski definition) is 6. The topological polar surface area (TPSA) is 119 Å². The van der Waals surface area contributed by atoms with E-state index in [0.717, 1.165) is 6.42 Å². The lowest BCUT2D eigenvalue weighted by molar-refractivity contribution is -0.116. The van der Waals surface area contributed by atoms with Crippen LogP contribution in [0.2, 0.25) is 0 Å². The first kappa shape index (κ1) is 22.0. The monoisotopic (exact) mass is 419 g/mol. The SMILES string of the molecule is CC(C)S(=O)(=O)NCCCCC(=O)Nc1cccc(N2CCCS2(O)O)c1. The Morgan fingerprint density at radius 1 is 1.30 bits per heavy atom. The van der Waals surface area contributed by atoms with Gasteiger partial charge in [0.2, 0.25) is 15.9 Å². The van der Waals surface area contributed by atoms with Crippen molar-refractivity contribution in [2.75, 3.05) is 28.5 Å². The average molecular weight is 420 g/mol. The highest BCUT2D eigenvalue weighted by molar-refractivity contribution is 8.25. The zero-order chi connectivity index (χ0) is 20.1. The molecule has 1 saturated heterocycles. The van der Waals surface area contributed by atoms with E-state index >= 15 is 0 Å². The van der Waals surface area contributed by atoms with E-state index in [1.807, 2.05) is 0 Å². The predicted octanol–water partition coefficient (Wildman–Crippen LogP) is 3.00. The fraction of sp³-hybridized carbons (Fsp3) is 0.588. The van der Waals surface area contributed by atoms with Crippen LogP contribution >= 0.6 is 10.8 Å². The van der Waals surface area contributed by atoms with E-state index in [1.54, 1.807) is 42.4 Å². The maximum atomic E-state index is 12.1. The van der Waals surface area contributed by atoms with E-state index in [0.29, 0.717) is 43.1 Å². The molecule has 0 aromatic heterocycles. The van der Waals surface area contributed by atoms with Crippen molar-refractivity contribution >= 4 is 38.1 Å². The summed E-state index contributed by atoms with van der Waals surface area (Å²) in [6, 6.07) is 7.03. The molecular formula is C17H29N3O5S2. The van der Waals surface area contributed by atoms with Crippen LogP contribution in [0.4, 0.5) is 11.4 Å². The Balaban J connectivity index is 1.79. The minimum Gasteiger partial charge on any atom is -0.326 e. The van der Waals surface area contributed by atoms with Crippen LogP contribution in [-0.4, -0.2) is 47.5 Å². The van der Waals surface area contributed by atoms with Crippen molar-refractivity contribution in [2.24, 2.45) is 0 Å². The lowest BCUT2D eigenvalue weighted by Crippen LogP contribution is -2.31. The van der Waals surface area contributed by atoms with Crippen molar-refractivity contribution in [3.05, 3.63) is 24.3 Å². The van der Waals surface area contributed by atoms with Crippen LogP contribution in [0.5, 0.6) is 0 Å². The smallest absolute Gasteiger partial charge is 0.224 e. The fourth-order valence-electron chi connectivity index (χ4n) is 2.71. The van der Waals surface area contributed by atoms with E-state index in [-0.39, 0.29) is 12.3 Å². The summed E-state index contributed by atoms with van der Waals surface area (Å²) in [6.45, 7) is 4.12. The molecule has 1 fully saturated rings. The summed E-state index contributed by atoms with van der Waals surface area (Å²) in [7, 11) is -6.02. The van der Waals surface area contributed by atoms with Gasteiger partial charge in [0.05, 0.1) is 16.7 Å². The van der Waals surface area contributed by atoms with E-state index in [4.69, 9.17) is 0 Å². The number of nitrogens with zero attached hydrogens (tertiary/aromatic N) is 1. The molecule has 0 bridgehead atoms. The highest BCUT2D eigenvalue weighted by Gasteiger charge is 2.29. The third-order valence-electron chi connectivity index (χ3n) is 4.30. The molecule has 2 rings (SSSR count). The van der Waals surface area contributed by atoms with Gasteiger partial charge in [-0.15, -0.1) is 10.8 Å². The van der Waals surface area contributed by atoms with Gasteiger partial charge in [-0.05, 0) is 51.3 Å². The number of unbranched alkanes of at least 4 members (excludes halogenated alkanes) is 1. The van der Waals surface area contributed by atoms with E-state index in [9.17, 15) is 22.3 Å². The average Bonchev–Trinajstić information content (AvgIpc) is 2.93. The van der Waals surface area contributed by atoms with Crippen molar-refractivity contribution in [3.8, 4) is 0 Å². The largest absolute Gasteiger partial charge is 0.326 e. The molecule has 0 aliphatic carbocycles. The zero-order valence-electron chi connectivity index (χ0n) is 15.7. The molecule has 8 nitrogen and oxygen atoms in total. The number of amides is 1. The van der Waals surface area contributed by atoms with Crippen LogP contribution in [0.15, 0.2) is 24.3 Å². The molecule has 0 saturated carbocycles. The van der Waals surface area contributed by atoms with Crippen LogP contribution < -0.4 is 14.3 Å². The second kappa shape index (κ2) is 9.24. The van der Waals surface area contributed by atoms with Gasteiger partial charge in [0, 0.05) is 25.2 Å². The van der Waals surface area contributed by atoms with Gasteiger partial charge >= 0.3 is 0 Å². The summed E-state index contributed by atoms with van der Waals surface area (Å²) in [5, 5.41) is 2.33. The predicted molar refractivity (Wildman–Crippen MR) is 111 cm³/mol. The molecule has 154 valence electrons. The third kappa shape index (κ3) is 6.35. The zero-order valence-corrected chi connectivity index (χ0v) is 17.4. The van der Waals surface area contributed by atoms with Gasteiger partial charge in [0.25, 0.3) is 0 Å². The molecule has 0 unspecified atom stereocenters.